The van der Waals surface area contributed by atoms with E-state index in [4.69, 9.17) is 5.11 Å². The summed E-state index contributed by atoms with van der Waals surface area (Å²) in [6.45, 7) is 9.04. The molecule has 2 rings (SSSR count). The van der Waals surface area contributed by atoms with Crippen molar-refractivity contribution in [2.24, 2.45) is 11.3 Å². The van der Waals surface area contributed by atoms with Crippen molar-refractivity contribution in [1.29, 1.82) is 0 Å². The number of hydrogen-bond acceptors (Lipinski definition) is 2. The molecule has 1 aliphatic carbocycles. The minimum absolute atomic E-state index is 0.00637. The van der Waals surface area contributed by atoms with Gasteiger partial charge >= 0.3 is 5.97 Å². The number of nitrogens with zero attached hydrogens (tertiary/aromatic N) is 1. The first-order chi connectivity index (χ1) is 7.83. The van der Waals surface area contributed by atoms with Gasteiger partial charge in [-0.1, -0.05) is 33.6 Å². The average molecular weight is 239 g/mol. The van der Waals surface area contributed by atoms with Gasteiger partial charge in [-0.25, -0.2) is 0 Å². The van der Waals surface area contributed by atoms with E-state index in [1.807, 2.05) is 0 Å². The van der Waals surface area contributed by atoms with Gasteiger partial charge in [0.25, 0.3) is 0 Å². The molecule has 0 amide bonds. The molecule has 0 aromatic heterocycles. The fourth-order valence-electron chi connectivity index (χ4n) is 3.33. The van der Waals surface area contributed by atoms with Crippen LogP contribution < -0.4 is 0 Å². The molecule has 1 aliphatic heterocycles. The number of carbonyl (C=O) groups is 1. The van der Waals surface area contributed by atoms with Crippen LogP contribution in [0.1, 0.15) is 52.9 Å². The standard InChI is InChI=1S/C14H25NO2/c1-13(2,3)11-9-15(10-11)14(8-12(16)17)6-4-5-7-14/h11H,4-10H2,1-3H3,(H,16,17). The third-order valence-electron chi connectivity index (χ3n) is 4.79. The largest absolute Gasteiger partial charge is 0.481 e. The van der Waals surface area contributed by atoms with Gasteiger partial charge in [0, 0.05) is 18.6 Å². The Labute approximate surface area is 104 Å². The molecule has 0 unspecified atom stereocenters. The average Bonchev–Trinajstić information content (AvgIpc) is 2.45. The van der Waals surface area contributed by atoms with Crippen LogP contribution in [0.3, 0.4) is 0 Å². The second-order valence-corrected chi connectivity index (χ2v) is 6.97. The highest BCUT2D eigenvalue weighted by Gasteiger charge is 2.48. The van der Waals surface area contributed by atoms with E-state index in [-0.39, 0.29) is 5.54 Å². The summed E-state index contributed by atoms with van der Waals surface area (Å²) < 4.78 is 0. The maximum absolute atomic E-state index is 11.1. The molecule has 0 atom stereocenters. The van der Waals surface area contributed by atoms with Crippen LogP contribution in [0.4, 0.5) is 0 Å². The van der Waals surface area contributed by atoms with Crippen molar-refractivity contribution in [1.82, 2.24) is 4.90 Å². The zero-order valence-corrected chi connectivity index (χ0v) is 11.3. The maximum atomic E-state index is 11.1. The van der Waals surface area contributed by atoms with E-state index in [1.54, 1.807) is 0 Å². The molecule has 2 aliphatic rings. The predicted octanol–water partition coefficient (Wildman–Crippen LogP) is 2.75. The lowest BCUT2D eigenvalue weighted by Crippen LogP contribution is -2.62. The van der Waals surface area contributed by atoms with Crippen molar-refractivity contribution < 1.29 is 9.90 Å². The van der Waals surface area contributed by atoms with E-state index >= 15 is 0 Å². The minimum Gasteiger partial charge on any atom is -0.481 e. The molecular formula is C14H25NO2. The molecule has 0 aromatic rings. The second kappa shape index (κ2) is 4.27. The zero-order chi connectivity index (χ0) is 12.7. The van der Waals surface area contributed by atoms with Crippen LogP contribution >= 0.6 is 0 Å². The summed E-state index contributed by atoms with van der Waals surface area (Å²) in [6.07, 6.45) is 4.89. The van der Waals surface area contributed by atoms with Crippen LogP contribution in [-0.4, -0.2) is 34.6 Å². The van der Waals surface area contributed by atoms with E-state index < -0.39 is 5.97 Å². The van der Waals surface area contributed by atoms with Crippen molar-refractivity contribution in [2.45, 2.75) is 58.4 Å². The van der Waals surface area contributed by atoms with E-state index in [1.165, 1.54) is 12.8 Å². The lowest BCUT2D eigenvalue weighted by atomic mass is 9.73. The Morgan fingerprint density at radius 1 is 1.29 bits per heavy atom. The van der Waals surface area contributed by atoms with Crippen LogP contribution in [-0.2, 0) is 4.79 Å². The van der Waals surface area contributed by atoms with Crippen molar-refractivity contribution in [3.8, 4) is 0 Å². The van der Waals surface area contributed by atoms with Gasteiger partial charge in [-0.2, -0.15) is 0 Å². The normalized spacial score (nSPS) is 25.8. The number of aliphatic carboxylic acids is 1. The summed E-state index contributed by atoms with van der Waals surface area (Å²) in [5, 5.41) is 9.11. The summed E-state index contributed by atoms with van der Waals surface area (Å²) in [4.78, 5) is 13.5. The second-order valence-electron chi connectivity index (χ2n) is 6.97. The summed E-state index contributed by atoms with van der Waals surface area (Å²) in [5.74, 6) is 0.0971. The highest BCUT2D eigenvalue weighted by atomic mass is 16.4. The van der Waals surface area contributed by atoms with E-state index in [2.05, 4.69) is 25.7 Å². The highest BCUT2D eigenvalue weighted by molar-refractivity contribution is 5.68. The quantitative estimate of drug-likeness (QED) is 0.823. The summed E-state index contributed by atoms with van der Waals surface area (Å²) in [5.41, 5.74) is 0.354. The number of rotatable bonds is 3. The molecule has 3 heteroatoms. The fourth-order valence-corrected chi connectivity index (χ4v) is 3.33. The Kier molecular flexibility index (Phi) is 3.23. The molecule has 0 radical (unpaired) electrons. The Balaban J connectivity index is 1.99. The summed E-state index contributed by atoms with van der Waals surface area (Å²) >= 11 is 0. The first-order valence-electron chi connectivity index (χ1n) is 6.80. The Bertz CT molecular complexity index is 294. The van der Waals surface area contributed by atoms with E-state index in [0.29, 0.717) is 11.8 Å². The third kappa shape index (κ3) is 2.49. The molecule has 1 saturated heterocycles. The lowest BCUT2D eigenvalue weighted by molar-refractivity contribution is -0.143. The minimum atomic E-state index is -0.633. The number of likely N-dealkylation sites (tertiary alicyclic amines) is 1. The zero-order valence-electron chi connectivity index (χ0n) is 11.3. The van der Waals surface area contributed by atoms with Crippen molar-refractivity contribution in [2.75, 3.05) is 13.1 Å². The van der Waals surface area contributed by atoms with Crippen molar-refractivity contribution in [3.63, 3.8) is 0 Å². The Morgan fingerprint density at radius 3 is 2.24 bits per heavy atom. The Morgan fingerprint density at radius 2 is 1.82 bits per heavy atom. The SMILES string of the molecule is CC(C)(C)C1CN(C2(CC(=O)O)CCCC2)C1. The molecule has 0 bridgehead atoms. The molecule has 1 N–H and O–H groups in total. The molecule has 17 heavy (non-hydrogen) atoms. The van der Waals surface area contributed by atoms with Crippen molar-refractivity contribution in [3.05, 3.63) is 0 Å². The third-order valence-corrected chi connectivity index (χ3v) is 4.79. The van der Waals surface area contributed by atoms with Gasteiger partial charge in [0.1, 0.15) is 0 Å². The number of hydrogen-bond donors (Lipinski definition) is 1. The smallest absolute Gasteiger partial charge is 0.305 e. The molecule has 1 saturated carbocycles. The predicted molar refractivity (Wildman–Crippen MR) is 68.0 cm³/mol. The monoisotopic (exact) mass is 239 g/mol. The fraction of sp³-hybridized carbons (Fsp3) is 0.929. The van der Waals surface area contributed by atoms with Crippen LogP contribution in [0, 0.1) is 11.3 Å². The van der Waals surface area contributed by atoms with Gasteiger partial charge in [-0.3, -0.25) is 9.69 Å². The first kappa shape index (κ1) is 12.9. The van der Waals surface area contributed by atoms with Crippen LogP contribution in [0.2, 0.25) is 0 Å². The van der Waals surface area contributed by atoms with Gasteiger partial charge in [-0.15, -0.1) is 0 Å². The van der Waals surface area contributed by atoms with E-state index in [0.717, 1.165) is 31.8 Å². The highest BCUT2D eigenvalue weighted by Crippen LogP contribution is 2.45. The maximum Gasteiger partial charge on any atom is 0.305 e. The molecule has 2 fully saturated rings. The van der Waals surface area contributed by atoms with Gasteiger partial charge in [0.2, 0.25) is 0 Å². The topological polar surface area (TPSA) is 40.5 Å². The van der Waals surface area contributed by atoms with Crippen LogP contribution in [0.25, 0.3) is 0 Å². The number of carboxylic acids is 1. The lowest BCUT2D eigenvalue weighted by Gasteiger charge is -2.54. The first-order valence-corrected chi connectivity index (χ1v) is 6.80. The van der Waals surface area contributed by atoms with Crippen molar-refractivity contribution >= 4 is 5.97 Å². The molecule has 1 heterocycles. The Hall–Kier alpha value is -0.570. The van der Waals surface area contributed by atoms with Gasteiger partial charge in [0.05, 0.1) is 6.42 Å². The summed E-state index contributed by atoms with van der Waals surface area (Å²) in [6, 6.07) is 0. The van der Waals surface area contributed by atoms with Crippen LogP contribution in [0.15, 0.2) is 0 Å². The van der Waals surface area contributed by atoms with Gasteiger partial charge in [-0.05, 0) is 24.2 Å². The number of carboxylic acid groups (broad SMARTS) is 1. The summed E-state index contributed by atoms with van der Waals surface area (Å²) in [7, 11) is 0. The van der Waals surface area contributed by atoms with Gasteiger partial charge < -0.3 is 5.11 Å². The molecule has 3 nitrogen and oxygen atoms in total. The van der Waals surface area contributed by atoms with Crippen LogP contribution in [0.5, 0.6) is 0 Å². The molecule has 0 aromatic carbocycles. The molecular weight excluding hydrogens is 214 g/mol. The van der Waals surface area contributed by atoms with Gasteiger partial charge in [0.15, 0.2) is 0 Å². The van der Waals surface area contributed by atoms with E-state index in [9.17, 15) is 4.79 Å². The molecule has 98 valence electrons. The molecule has 0 spiro atoms.